The molecule has 2 heterocycles. The second kappa shape index (κ2) is 4.34. The fourth-order valence-electron chi connectivity index (χ4n) is 1.97. The summed E-state index contributed by atoms with van der Waals surface area (Å²) in [4.78, 5) is 26.1. The van der Waals surface area contributed by atoms with Crippen LogP contribution in [0.5, 0.6) is 5.88 Å². The molecule has 2 aromatic heterocycles. The van der Waals surface area contributed by atoms with E-state index in [1.54, 1.807) is 24.3 Å². The van der Waals surface area contributed by atoms with Gasteiger partial charge in [0.05, 0.1) is 5.56 Å². The maximum atomic E-state index is 12.1. The van der Waals surface area contributed by atoms with E-state index in [4.69, 9.17) is 0 Å². The van der Waals surface area contributed by atoms with Gasteiger partial charge < -0.3 is 10.1 Å². The second-order valence-corrected chi connectivity index (χ2v) is 4.42. The topological polar surface area (TPSA) is 87.5 Å². The highest BCUT2D eigenvalue weighted by Gasteiger charge is 2.12. The predicted octanol–water partition coefficient (Wildman–Crippen LogP) is 1.06. The number of aromatic amines is 1. The molecule has 0 saturated carbocycles. The molecule has 0 saturated heterocycles. The minimum absolute atomic E-state index is 0.146. The number of nitrogens with one attached hydrogen (secondary N) is 1. The Hall–Kier alpha value is -2.89. The molecule has 1 aromatic carbocycles. The van der Waals surface area contributed by atoms with Crippen molar-refractivity contribution in [3.05, 3.63) is 62.5 Å². The van der Waals surface area contributed by atoms with E-state index >= 15 is 0 Å². The van der Waals surface area contributed by atoms with Crippen LogP contribution in [-0.2, 0) is 0 Å². The zero-order valence-corrected chi connectivity index (χ0v) is 10.6. The van der Waals surface area contributed by atoms with Crippen LogP contribution in [0.4, 0.5) is 0 Å². The molecule has 0 bridgehead atoms. The van der Waals surface area contributed by atoms with Gasteiger partial charge in [0.1, 0.15) is 11.3 Å². The van der Waals surface area contributed by atoms with Gasteiger partial charge in [-0.1, -0.05) is 30.3 Å². The summed E-state index contributed by atoms with van der Waals surface area (Å²) in [6, 6.07) is 10.2. The van der Waals surface area contributed by atoms with Crippen LogP contribution in [-0.4, -0.2) is 19.7 Å². The fraction of sp³-hybridized carbons (Fsp3) is 0.0714. The Labute approximate surface area is 113 Å². The molecule has 100 valence electrons. The first kappa shape index (κ1) is 12.2. The van der Waals surface area contributed by atoms with Gasteiger partial charge in [-0.2, -0.15) is 9.61 Å². The molecule has 20 heavy (non-hydrogen) atoms. The Morgan fingerprint density at radius 3 is 2.60 bits per heavy atom. The molecule has 0 unspecified atom stereocenters. The van der Waals surface area contributed by atoms with Crippen LogP contribution in [0.1, 0.15) is 5.56 Å². The predicted molar refractivity (Wildman–Crippen MR) is 73.9 cm³/mol. The number of aromatic nitrogens is 3. The number of H-pyrrole nitrogens is 1. The van der Waals surface area contributed by atoms with Crippen LogP contribution in [0.3, 0.4) is 0 Å². The van der Waals surface area contributed by atoms with Crippen molar-refractivity contribution < 1.29 is 5.11 Å². The standard InChI is InChI=1S/C14H11N3O3/c1-8-13(19)15-11-7-10(18)12(16-17(11)14(8)20)9-5-3-2-4-6-9/h2-7,20H,1H3,(H,15,19). The van der Waals surface area contributed by atoms with Gasteiger partial charge in [-0.25, -0.2) is 0 Å². The molecule has 0 aliphatic rings. The Morgan fingerprint density at radius 1 is 1.20 bits per heavy atom. The summed E-state index contributed by atoms with van der Waals surface area (Å²) in [5.74, 6) is -0.277. The van der Waals surface area contributed by atoms with Gasteiger partial charge >= 0.3 is 0 Å². The van der Waals surface area contributed by atoms with E-state index in [0.29, 0.717) is 5.56 Å². The van der Waals surface area contributed by atoms with Crippen LogP contribution in [0.25, 0.3) is 16.9 Å². The molecule has 3 aromatic rings. The van der Waals surface area contributed by atoms with E-state index in [1.807, 2.05) is 6.07 Å². The molecular formula is C14H11N3O3. The van der Waals surface area contributed by atoms with Gasteiger partial charge in [-0.05, 0) is 6.92 Å². The largest absolute Gasteiger partial charge is 0.493 e. The lowest BCUT2D eigenvalue weighted by Gasteiger charge is -2.07. The molecule has 0 amide bonds. The smallest absolute Gasteiger partial charge is 0.257 e. The molecule has 0 aliphatic heterocycles. The summed E-state index contributed by atoms with van der Waals surface area (Å²) < 4.78 is 1.15. The average molecular weight is 269 g/mol. The third-order valence-corrected chi connectivity index (χ3v) is 3.09. The highest BCUT2D eigenvalue weighted by atomic mass is 16.3. The van der Waals surface area contributed by atoms with Crippen molar-refractivity contribution in [1.82, 2.24) is 14.6 Å². The summed E-state index contributed by atoms with van der Waals surface area (Å²) >= 11 is 0. The number of fused-ring (bicyclic) bond motifs is 1. The first-order valence-electron chi connectivity index (χ1n) is 5.99. The third kappa shape index (κ3) is 1.78. The maximum Gasteiger partial charge on any atom is 0.257 e. The lowest BCUT2D eigenvalue weighted by Crippen LogP contribution is -2.18. The van der Waals surface area contributed by atoms with Crippen molar-refractivity contribution in [3.8, 4) is 17.1 Å². The minimum atomic E-state index is -0.448. The van der Waals surface area contributed by atoms with Gasteiger partial charge in [-0.3, -0.25) is 9.59 Å². The van der Waals surface area contributed by atoms with Crippen LogP contribution >= 0.6 is 0 Å². The highest BCUT2D eigenvalue weighted by Crippen LogP contribution is 2.15. The van der Waals surface area contributed by atoms with E-state index in [0.717, 1.165) is 4.52 Å². The molecule has 0 spiro atoms. The number of rotatable bonds is 1. The molecule has 0 radical (unpaired) electrons. The van der Waals surface area contributed by atoms with Crippen molar-refractivity contribution in [2.24, 2.45) is 0 Å². The number of benzene rings is 1. The summed E-state index contributed by atoms with van der Waals surface area (Å²) in [6.07, 6.45) is 0. The van der Waals surface area contributed by atoms with Gasteiger partial charge in [0.2, 0.25) is 11.3 Å². The Kier molecular flexibility index (Phi) is 2.64. The third-order valence-electron chi connectivity index (χ3n) is 3.09. The fourth-order valence-corrected chi connectivity index (χ4v) is 1.97. The second-order valence-electron chi connectivity index (χ2n) is 4.42. The van der Waals surface area contributed by atoms with Crippen molar-refractivity contribution in [2.45, 2.75) is 6.92 Å². The zero-order chi connectivity index (χ0) is 14.3. The molecule has 6 heteroatoms. The molecule has 6 nitrogen and oxygen atoms in total. The van der Waals surface area contributed by atoms with E-state index in [2.05, 4.69) is 10.1 Å². The summed E-state index contributed by atoms with van der Waals surface area (Å²) in [5, 5.41) is 14.1. The van der Waals surface area contributed by atoms with Gasteiger partial charge in [0, 0.05) is 11.6 Å². The first-order chi connectivity index (χ1) is 9.58. The van der Waals surface area contributed by atoms with Crippen LogP contribution in [0.2, 0.25) is 0 Å². The molecule has 0 atom stereocenters. The van der Waals surface area contributed by atoms with E-state index in [9.17, 15) is 14.7 Å². The van der Waals surface area contributed by atoms with Crippen LogP contribution in [0, 0.1) is 6.92 Å². The van der Waals surface area contributed by atoms with E-state index in [1.165, 1.54) is 13.0 Å². The van der Waals surface area contributed by atoms with Gasteiger partial charge in [0.15, 0.2) is 0 Å². The van der Waals surface area contributed by atoms with Crippen LogP contribution in [0.15, 0.2) is 46.0 Å². The normalized spacial score (nSPS) is 10.8. The molecule has 0 aliphatic carbocycles. The lowest BCUT2D eigenvalue weighted by molar-refractivity contribution is 0.428. The first-order valence-corrected chi connectivity index (χ1v) is 5.99. The molecule has 0 fully saturated rings. The van der Waals surface area contributed by atoms with E-state index in [-0.39, 0.29) is 28.2 Å². The maximum absolute atomic E-state index is 12.1. The number of hydrogen-bond acceptors (Lipinski definition) is 4. The van der Waals surface area contributed by atoms with Crippen molar-refractivity contribution >= 4 is 5.65 Å². The Balaban J connectivity index is 2.40. The summed E-state index contributed by atoms with van der Waals surface area (Å²) in [5.41, 5.74) is 0.390. The number of aromatic hydroxyl groups is 1. The Bertz CT molecular complexity index is 911. The van der Waals surface area contributed by atoms with Crippen molar-refractivity contribution in [1.29, 1.82) is 0 Å². The SMILES string of the molecule is Cc1c(O)n2nc(-c3ccccc3)c(=O)cc2[nH]c1=O. The van der Waals surface area contributed by atoms with Crippen LogP contribution < -0.4 is 11.0 Å². The number of hydrogen-bond donors (Lipinski definition) is 2. The summed E-state index contributed by atoms with van der Waals surface area (Å²) in [6.45, 7) is 1.48. The average Bonchev–Trinajstić information content (AvgIpc) is 2.45. The molecular weight excluding hydrogens is 258 g/mol. The summed E-state index contributed by atoms with van der Waals surface area (Å²) in [7, 11) is 0. The Morgan fingerprint density at radius 2 is 1.90 bits per heavy atom. The molecule has 3 rings (SSSR count). The lowest BCUT2D eigenvalue weighted by atomic mass is 10.1. The van der Waals surface area contributed by atoms with Crippen molar-refractivity contribution in [3.63, 3.8) is 0 Å². The monoisotopic (exact) mass is 269 g/mol. The number of nitrogens with zero attached hydrogens (tertiary/aromatic N) is 2. The minimum Gasteiger partial charge on any atom is -0.493 e. The van der Waals surface area contributed by atoms with E-state index < -0.39 is 5.56 Å². The van der Waals surface area contributed by atoms with Crippen molar-refractivity contribution in [2.75, 3.05) is 0 Å². The zero-order valence-electron chi connectivity index (χ0n) is 10.6. The highest BCUT2D eigenvalue weighted by molar-refractivity contribution is 5.60. The van der Waals surface area contributed by atoms with Gasteiger partial charge in [-0.15, -0.1) is 0 Å². The molecule has 2 N–H and O–H groups in total. The quantitative estimate of drug-likeness (QED) is 0.691. The van der Waals surface area contributed by atoms with Gasteiger partial charge in [0.25, 0.3) is 5.56 Å².